The minimum Gasteiger partial charge on any atom is -0.460 e. The second kappa shape index (κ2) is 3.11. The summed E-state index contributed by atoms with van der Waals surface area (Å²) in [7, 11) is 0. The maximum absolute atomic E-state index is 5.63. The summed E-state index contributed by atoms with van der Waals surface area (Å²) in [5.74, 6) is 1.23. The smallest absolute Gasteiger partial charge is 0.134 e. The molecule has 0 aliphatic heterocycles. The lowest BCUT2D eigenvalue weighted by atomic mass is 10.2. The Balaban J connectivity index is 2.67. The summed E-state index contributed by atoms with van der Waals surface area (Å²) in [5.41, 5.74) is 0.883. The Morgan fingerprint density at radius 2 is 2.17 bits per heavy atom. The molecule has 12 heavy (non-hydrogen) atoms. The zero-order valence-electron chi connectivity index (χ0n) is 6.18. The molecule has 2 aromatic rings. The number of halogens is 2. The molecule has 0 amide bonds. The summed E-state index contributed by atoms with van der Waals surface area (Å²) in [6, 6.07) is 7.83. The molecule has 2 rings (SSSR count). The van der Waals surface area contributed by atoms with Gasteiger partial charge in [-0.3, -0.25) is 0 Å². The third kappa shape index (κ3) is 1.37. The average molecular weight is 246 g/mol. The Hall–Kier alpha value is -0.470. The highest BCUT2D eigenvalue weighted by atomic mass is 79.9. The summed E-state index contributed by atoms with van der Waals surface area (Å²) < 4.78 is 6.47. The van der Waals surface area contributed by atoms with Crippen LogP contribution in [0.15, 0.2) is 33.2 Å². The predicted octanol–water partition coefficient (Wildman–Crippen LogP) is 3.93. The first kappa shape index (κ1) is 8.14. The van der Waals surface area contributed by atoms with E-state index in [2.05, 4.69) is 15.9 Å². The normalized spacial score (nSPS) is 10.8. The minimum atomic E-state index is 0.423. The molecule has 0 atom stereocenters. The molecule has 0 spiro atoms. The standard InChI is InChI=1S/C9H6BrClO/c10-7-1-2-9-6(3-7)4-8(5-11)12-9/h1-4H,5H2. The van der Waals surface area contributed by atoms with E-state index in [0.717, 1.165) is 21.2 Å². The molecule has 1 aromatic carbocycles. The van der Waals surface area contributed by atoms with Crippen molar-refractivity contribution in [2.24, 2.45) is 0 Å². The molecule has 0 fully saturated rings. The molecule has 0 saturated heterocycles. The SMILES string of the molecule is ClCc1cc2cc(Br)ccc2o1. The highest BCUT2D eigenvalue weighted by Crippen LogP contribution is 2.23. The van der Waals surface area contributed by atoms with Crippen LogP contribution in [-0.4, -0.2) is 0 Å². The Bertz CT molecular complexity index is 408. The molecule has 3 heteroatoms. The van der Waals surface area contributed by atoms with Gasteiger partial charge in [-0.2, -0.15) is 0 Å². The van der Waals surface area contributed by atoms with Gasteiger partial charge in [0.2, 0.25) is 0 Å². The lowest BCUT2D eigenvalue weighted by Gasteiger charge is -1.87. The molecule has 1 nitrogen and oxygen atoms in total. The molecule has 62 valence electrons. The first-order valence-electron chi connectivity index (χ1n) is 3.53. The molecule has 1 aromatic heterocycles. The van der Waals surface area contributed by atoms with Gasteiger partial charge in [0, 0.05) is 9.86 Å². The van der Waals surface area contributed by atoms with E-state index in [9.17, 15) is 0 Å². The van der Waals surface area contributed by atoms with Gasteiger partial charge in [0.25, 0.3) is 0 Å². The largest absolute Gasteiger partial charge is 0.460 e. The van der Waals surface area contributed by atoms with Crippen LogP contribution in [0.2, 0.25) is 0 Å². The first-order valence-corrected chi connectivity index (χ1v) is 4.86. The van der Waals surface area contributed by atoms with Crippen molar-refractivity contribution in [1.82, 2.24) is 0 Å². The molecule has 0 saturated carbocycles. The van der Waals surface area contributed by atoms with Crippen molar-refractivity contribution in [1.29, 1.82) is 0 Å². The summed E-state index contributed by atoms with van der Waals surface area (Å²) in [4.78, 5) is 0. The van der Waals surface area contributed by atoms with Crippen LogP contribution in [0.3, 0.4) is 0 Å². The molecular weight excluding hydrogens is 239 g/mol. The van der Waals surface area contributed by atoms with Crippen molar-refractivity contribution in [3.8, 4) is 0 Å². The van der Waals surface area contributed by atoms with Gasteiger partial charge in [-0.15, -0.1) is 11.6 Å². The first-order chi connectivity index (χ1) is 5.79. The van der Waals surface area contributed by atoms with Crippen molar-refractivity contribution in [2.45, 2.75) is 5.88 Å². The van der Waals surface area contributed by atoms with E-state index in [1.54, 1.807) is 0 Å². The minimum absolute atomic E-state index is 0.423. The monoisotopic (exact) mass is 244 g/mol. The van der Waals surface area contributed by atoms with Crippen molar-refractivity contribution in [2.75, 3.05) is 0 Å². The number of hydrogen-bond acceptors (Lipinski definition) is 1. The lowest BCUT2D eigenvalue weighted by molar-refractivity contribution is 0.573. The van der Waals surface area contributed by atoms with Crippen molar-refractivity contribution >= 4 is 38.5 Å². The van der Waals surface area contributed by atoms with Gasteiger partial charge in [0.05, 0.1) is 5.88 Å². The van der Waals surface area contributed by atoms with Gasteiger partial charge >= 0.3 is 0 Å². The van der Waals surface area contributed by atoms with E-state index in [1.807, 2.05) is 24.3 Å². The topological polar surface area (TPSA) is 13.1 Å². The highest BCUT2D eigenvalue weighted by Gasteiger charge is 2.01. The number of fused-ring (bicyclic) bond motifs is 1. The van der Waals surface area contributed by atoms with E-state index in [1.165, 1.54) is 0 Å². The maximum Gasteiger partial charge on any atom is 0.134 e. The summed E-state index contributed by atoms with van der Waals surface area (Å²) >= 11 is 9.02. The zero-order chi connectivity index (χ0) is 8.55. The molecule has 0 radical (unpaired) electrons. The van der Waals surface area contributed by atoms with Crippen LogP contribution < -0.4 is 0 Å². The molecule has 0 aliphatic rings. The van der Waals surface area contributed by atoms with Crippen LogP contribution in [0.25, 0.3) is 11.0 Å². The molecule has 0 unspecified atom stereocenters. The lowest BCUT2D eigenvalue weighted by Crippen LogP contribution is -1.63. The van der Waals surface area contributed by atoms with Crippen LogP contribution in [0.5, 0.6) is 0 Å². The molecule has 1 heterocycles. The van der Waals surface area contributed by atoms with Gasteiger partial charge in [-0.05, 0) is 24.3 Å². The summed E-state index contributed by atoms with van der Waals surface area (Å²) in [6.45, 7) is 0. The molecule has 0 aliphatic carbocycles. The predicted molar refractivity (Wildman–Crippen MR) is 53.5 cm³/mol. The number of benzene rings is 1. The summed E-state index contributed by atoms with van der Waals surface area (Å²) in [5, 5.41) is 1.08. The van der Waals surface area contributed by atoms with Crippen molar-refractivity contribution in [3.05, 3.63) is 34.5 Å². The van der Waals surface area contributed by atoms with Crippen LogP contribution >= 0.6 is 27.5 Å². The number of hydrogen-bond donors (Lipinski definition) is 0. The Morgan fingerprint density at radius 1 is 1.33 bits per heavy atom. The average Bonchev–Trinajstić information content (AvgIpc) is 2.46. The number of alkyl halides is 1. The van der Waals surface area contributed by atoms with E-state index in [4.69, 9.17) is 16.0 Å². The highest BCUT2D eigenvalue weighted by molar-refractivity contribution is 9.10. The Morgan fingerprint density at radius 3 is 2.92 bits per heavy atom. The van der Waals surface area contributed by atoms with Gasteiger partial charge in [0.15, 0.2) is 0 Å². The van der Waals surface area contributed by atoms with Gasteiger partial charge in [-0.25, -0.2) is 0 Å². The van der Waals surface area contributed by atoms with Gasteiger partial charge < -0.3 is 4.42 Å². The van der Waals surface area contributed by atoms with E-state index in [-0.39, 0.29) is 0 Å². The van der Waals surface area contributed by atoms with Crippen LogP contribution in [0.4, 0.5) is 0 Å². The van der Waals surface area contributed by atoms with Crippen molar-refractivity contribution < 1.29 is 4.42 Å². The fraction of sp³-hybridized carbons (Fsp3) is 0.111. The maximum atomic E-state index is 5.63. The fourth-order valence-electron chi connectivity index (χ4n) is 1.14. The molecular formula is C9H6BrClO. The molecule has 0 bridgehead atoms. The quantitative estimate of drug-likeness (QED) is 0.694. The second-order valence-electron chi connectivity index (χ2n) is 2.53. The Kier molecular flexibility index (Phi) is 2.11. The van der Waals surface area contributed by atoms with E-state index < -0.39 is 0 Å². The van der Waals surface area contributed by atoms with Crippen molar-refractivity contribution in [3.63, 3.8) is 0 Å². The molecule has 0 N–H and O–H groups in total. The Labute approximate surface area is 83.4 Å². The van der Waals surface area contributed by atoms with E-state index >= 15 is 0 Å². The number of rotatable bonds is 1. The van der Waals surface area contributed by atoms with Crippen LogP contribution in [-0.2, 0) is 5.88 Å². The number of furan rings is 1. The summed E-state index contributed by atoms with van der Waals surface area (Å²) in [6.07, 6.45) is 0. The third-order valence-corrected chi connectivity index (χ3v) is 2.42. The fourth-order valence-corrected chi connectivity index (χ4v) is 1.65. The second-order valence-corrected chi connectivity index (χ2v) is 3.71. The van der Waals surface area contributed by atoms with Crippen LogP contribution in [0.1, 0.15) is 5.76 Å². The zero-order valence-corrected chi connectivity index (χ0v) is 8.52. The van der Waals surface area contributed by atoms with Gasteiger partial charge in [-0.1, -0.05) is 15.9 Å². The third-order valence-electron chi connectivity index (χ3n) is 1.66. The van der Waals surface area contributed by atoms with Crippen LogP contribution in [0, 0.1) is 0 Å². The van der Waals surface area contributed by atoms with Gasteiger partial charge in [0.1, 0.15) is 11.3 Å². The van der Waals surface area contributed by atoms with E-state index in [0.29, 0.717) is 5.88 Å².